The topological polar surface area (TPSA) is 160 Å². The Kier molecular flexibility index (Phi) is 9.76. The first-order valence-corrected chi connectivity index (χ1v) is 16.0. The summed E-state index contributed by atoms with van der Waals surface area (Å²) >= 11 is 12.7. The molecule has 3 N–H and O–H groups in total. The lowest BCUT2D eigenvalue weighted by atomic mass is 10.2. The molecule has 0 saturated carbocycles. The average Bonchev–Trinajstić information content (AvgIpc) is 3.20. The molecule has 0 aliphatic rings. The number of hydrazone groups is 1. The lowest BCUT2D eigenvalue weighted by Crippen LogP contribution is -2.34. The molecule has 1 heterocycles. The third-order valence-corrected chi connectivity index (χ3v) is 7.41. The summed E-state index contributed by atoms with van der Waals surface area (Å²) in [5.41, 5.74) is 2.75. The monoisotopic (exact) mass is 592 g/mol. The zero-order chi connectivity index (χ0) is 28.7. The van der Waals surface area contributed by atoms with Crippen LogP contribution in [0.3, 0.4) is 0 Å². The van der Waals surface area contributed by atoms with Crippen LogP contribution in [-0.2, 0) is 16.3 Å². The molecule has 0 spiro atoms. The van der Waals surface area contributed by atoms with Crippen molar-refractivity contribution in [3.05, 3.63) is 40.4 Å². The van der Waals surface area contributed by atoms with Crippen molar-refractivity contribution in [2.75, 3.05) is 19.1 Å². The smallest absolute Gasteiger partial charge is 0.411 e. The molecule has 2 aromatic carbocycles. The van der Waals surface area contributed by atoms with Crippen molar-refractivity contribution in [2.45, 2.75) is 32.4 Å². The Labute approximate surface area is 235 Å². The summed E-state index contributed by atoms with van der Waals surface area (Å²) in [5, 5.41) is 28.1. The van der Waals surface area contributed by atoms with Crippen molar-refractivity contribution in [2.24, 2.45) is 5.10 Å². The van der Waals surface area contributed by atoms with Crippen LogP contribution in [0.5, 0.6) is 17.4 Å². The van der Waals surface area contributed by atoms with Gasteiger partial charge in [-0.25, -0.2) is 9.48 Å². The fraction of sp³-hybridized carbons (Fsp3) is 0.292. The summed E-state index contributed by atoms with van der Waals surface area (Å²) in [5.74, 6) is -0.224. The molecule has 0 saturated heterocycles. The third-order valence-electron chi connectivity index (χ3n) is 5.15. The minimum atomic E-state index is -1.62. The average molecular weight is 594 g/mol. The highest BCUT2D eigenvalue weighted by Gasteiger charge is 2.17. The van der Waals surface area contributed by atoms with Gasteiger partial charge in [0.05, 0.1) is 33.7 Å². The molecule has 0 atom stereocenters. The number of fused-ring (bicyclic) bond motifs is 1. The van der Waals surface area contributed by atoms with Crippen LogP contribution >= 0.6 is 23.2 Å². The molecule has 0 radical (unpaired) electrons. The first-order valence-electron chi connectivity index (χ1n) is 11.5. The Hall–Kier alpha value is -3.83. The fourth-order valence-electron chi connectivity index (χ4n) is 3.21. The second-order valence-corrected chi connectivity index (χ2v) is 15.8. The Morgan fingerprint density at radius 2 is 1.90 bits per heavy atom. The number of hydrogen-bond acceptors (Lipinski definition) is 9. The molecule has 0 aliphatic carbocycles. The third kappa shape index (κ3) is 8.07. The van der Waals surface area contributed by atoms with Gasteiger partial charge in [0.1, 0.15) is 18.5 Å². The maximum atomic E-state index is 11.7. The van der Waals surface area contributed by atoms with Crippen molar-refractivity contribution < 1.29 is 28.9 Å². The number of anilines is 1. The first-order chi connectivity index (χ1) is 18.4. The molecule has 3 aromatic rings. The lowest BCUT2D eigenvalue weighted by Gasteiger charge is -2.15. The van der Waals surface area contributed by atoms with Crippen LogP contribution in [0.4, 0.5) is 10.5 Å². The highest BCUT2D eigenvalue weighted by Crippen LogP contribution is 2.40. The van der Waals surface area contributed by atoms with Gasteiger partial charge in [0, 0.05) is 14.7 Å². The number of rotatable bonds is 11. The van der Waals surface area contributed by atoms with E-state index in [4.69, 9.17) is 47.8 Å². The van der Waals surface area contributed by atoms with Crippen LogP contribution in [0.1, 0.15) is 0 Å². The Bertz CT molecular complexity index is 1440. The van der Waals surface area contributed by atoms with E-state index in [1.54, 1.807) is 16.8 Å². The van der Waals surface area contributed by atoms with E-state index in [0.29, 0.717) is 23.6 Å². The van der Waals surface area contributed by atoms with Gasteiger partial charge in [-0.05, 0) is 36.4 Å². The number of hydrogen-bond donors (Lipinski definition) is 3. The van der Waals surface area contributed by atoms with E-state index in [9.17, 15) is 9.59 Å². The summed E-state index contributed by atoms with van der Waals surface area (Å²) in [6.07, 6.45) is -1.62. The van der Waals surface area contributed by atoms with Gasteiger partial charge in [0.2, 0.25) is 11.6 Å². The zero-order valence-electron chi connectivity index (χ0n) is 21.5. The second kappa shape index (κ2) is 12.8. The van der Waals surface area contributed by atoms with Crippen molar-refractivity contribution in [3.63, 3.8) is 0 Å². The number of benzene rings is 2. The van der Waals surface area contributed by atoms with Gasteiger partial charge in [-0.15, -0.1) is 5.10 Å². The fourth-order valence-corrected chi connectivity index (χ4v) is 4.53. The number of carboxylic acid groups (broad SMARTS) is 1. The maximum Gasteiger partial charge on any atom is 0.411 e. The quantitative estimate of drug-likeness (QED) is 0.112. The van der Waals surface area contributed by atoms with Gasteiger partial charge in [0.15, 0.2) is 5.75 Å². The van der Waals surface area contributed by atoms with Gasteiger partial charge in [-0.3, -0.25) is 15.5 Å². The number of halogens is 2. The van der Waals surface area contributed by atoms with Crippen molar-refractivity contribution in [1.82, 2.24) is 15.1 Å². The molecular weight excluding hydrogens is 567 g/mol. The Morgan fingerprint density at radius 3 is 2.49 bits per heavy atom. The largest absolute Gasteiger partial charge is 0.479 e. The van der Waals surface area contributed by atoms with Crippen LogP contribution in [0, 0.1) is 11.3 Å². The zero-order valence-corrected chi connectivity index (χ0v) is 24.1. The predicted octanol–water partition coefficient (Wildman–Crippen LogP) is 5.54. The molecule has 0 fully saturated rings. The highest BCUT2D eigenvalue weighted by molar-refractivity contribution is 6.76. The molecule has 12 nitrogen and oxygen atoms in total. The number of nitrogens with zero attached hydrogens (tertiary/aromatic N) is 4. The number of imide groups is 1. The molecule has 3 rings (SSSR count). The maximum absolute atomic E-state index is 11.7. The second-order valence-electron chi connectivity index (χ2n) is 9.35. The number of nitriles is 1. The molecule has 0 bridgehead atoms. The number of amides is 2. The summed E-state index contributed by atoms with van der Waals surface area (Å²) in [6, 6.07) is 10.6. The van der Waals surface area contributed by atoms with Crippen LogP contribution < -0.4 is 20.2 Å². The molecule has 39 heavy (non-hydrogen) atoms. The van der Waals surface area contributed by atoms with E-state index in [-0.39, 0.29) is 28.2 Å². The van der Waals surface area contributed by atoms with Crippen LogP contribution in [-0.4, -0.2) is 54.4 Å². The number of nitrogens with one attached hydrogen (secondary N) is 2. The van der Waals surface area contributed by atoms with Gasteiger partial charge in [-0.1, -0.05) is 42.8 Å². The highest BCUT2D eigenvalue weighted by atomic mass is 35.5. The number of carbonyl (C=O) groups is 2. The van der Waals surface area contributed by atoms with Crippen molar-refractivity contribution >= 4 is 65.6 Å². The molecule has 206 valence electrons. The van der Waals surface area contributed by atoms with Gasteiger partial charge in [0.25, 0.3) is 5.91 Å². The van der Waals surface area contributed by atoms with E-state index in [1.165, 1.54) is 30.6 Å². The number of carbonyl (C=O) groups excluding carboxylic acids is 1. The molecule has 1 aromatic heterocycles. The summed E-state index contributed by atoms with van der Waals surface area (Å²) in [6.45, 7) is 7.80. The summed E-state index contributed by atoms with van der Waals surface area (Å²) in [7, 11) is 0.318. The lowest BCUT2D eigenvalue weighted by molar-refractivity contribution is -0.114. The van der Waals surface area contributed by atoms with Crippen LogP contribution in [0.2, 0.25) is 35.7 Å². The minimum Gasteiger partial charge on any atom is -0.479 e. The van der Waals surface area contributed by atoms with Gasteiger partial charge < -0.3 is 19.3 Å². The molecular formula is C24H26Cl2N6O6Si. The predicted molar refractivity (Wildman–Crippen MR) is 150 cm³/mol. The van der Waals surface area contributed by atoms with E-state index in [2.05, 4.69) is 35.3 Å². The van der Waals surface area contributed by atoms with E-state index in [0.717, 1.165) is 11.6 Å². The Balaban J connectivity index is 1.78. The van der Waals surface area contributed by atoms with E-state index in [1.807, 2.05) is 6.07 Å². The van der Waals surface area contributed by atoms with Crippen molar-refractivity contribution in [3.8, 4) is 23.4 Å². The normalized spacial score (nSPS) is 11.7. The molecule has 2 amide bonds. The summed E-state index contributed by atoms with van der Waals surface area (Å²) < 4.78 is 18.9. The number of aromatic nitrogens is 2. The van der Waals surface area contributed by atoms with Gasteiger partial charge in [-0.2, -0.15) is 10.4 Å². The van der Waals surface area contributed by atoms with Crippen LogP contribution in [0.15, 0.2) is 35.4 Å². The standard InChI is InChI=1S/C24H26Cl2N6O6Si/c1-36-23-16-11-15(5-6-20(16)32(31-23)13-37-7-8-39(2,3)4)38-21-17(25)9-14(10-18(21)26)29-30-19(12-27)22(33)28-24(34)35/h5-6,9-11,29H,7-8,13H2,1-4H3,(H,28,33)(H,34,35). The molecule has 0 unspecified atom stereocenters. The SMILES string of the molecule is COc1nn(COCC[Si](C)(C)C)c2ccc(Oc3c(Cl)cc(NN=C(C#N)C(=O)NC(=O)O)cc3Cl)cc12. The number of ether oxygens (including phenoxy) is 3. The van der Waals surface area contributed by atoms with Gasteiger partial charge >= 0.3 is 6.09 Å². The number of methoxy groups -OCH3 is 1. The van der Waals surface area contributed by atoms with Crippen molar-refractivity contribution in [1.29, 1.82) is 5.26 Å². The van der Waals surface area contributed by atoms with E-state index < -0.39 is 25.8 Å². The Morgan fingerprint density at radius 1 is 1.21 bits per heavy atom. The van der Waals surface area contributed by atoms with Crippen LogP contribution in [0.25, 0.3) is 10.9 Å². The molecule has 15 heteroatoms. The molecule has 0 aliphatic heterocycles. The minimum absolute atomic E-state index is 0.104. The first kappa shape index (κ1) is 29.7. The van der Waals surface area contributed by atoms with E-state index >= 15 is 0 Å². The summed E-state index contributed by atoms with van der Waals surface area (Å²) in [4.78, 5) is 22.3.